The zero-order valence-corrected chi connectivity index (χ0v) is 11.9. The van der Waals surface area contributed by atoms with Crippen LogP contribution in [-0.2, 0) is 11.2 Å². The molecule has 0 fully saturated rings. The minimum atomic E-state index is -0.00515. The van der Waals surface area contributed by atoms with Gasteiger partial charge in [-0.2, -0.15) is 0 Å². The molecule has 1 aliphatic heterocycles. The average Bonchev–Trinajstić information content (AvgIpc) is 2.94. The second-order valence-electron chi connectivity index (χ2n) is 5.10. The van der Waals surface area contributed by atoms with Gasteiger partial charge in [0.25, 0.3) is 0 Å². The van der Waals surface area contributed by atoms with Crippen LogP contribution in [0, 0.1) is 6.92 Å². The first kappa shape index (κ1) is 13.5. The molecule has 108 valence electrons. The van der Waals surface area contributed by atoms with Gasteiger partial charge in [0, 0.05) is 18.2 Å². The smallest absolute Gasteiger partial charge is 0.231 e. The lowest BCUT2D eigenvalue weighted by atomic mass is 10.1. The van der Waals surface area contributed by atoms with Crippen molar-refractivity contribution in [3.05, 3.63) is 53.6 Å². The molecule has 0 aromatic heterocycles. The van der Waals surface area contributed by atoms with E-state index in [0.717, 1.165) is 12.1 Å². The highest BCUT2D eigenvalue weighted by Crippen LogP contribution is 2.34. The number of amides is 1. The summed E-state index contributed by atoms with van der Waals surface area (Å²) in [6, 6.07) is 13.6. The summed E-state index contributed by atoms with van der Waals surface area (Å²) in [5.41, 5.74) is 3.12. The fourth-order valence-corrected chi connectivity index (χ4v) is 2.21. The maximum absolute atomic E-state index is 12.0. The van der Waals surface area contributed by atoms with Crippen molar-refractivity contribution in [1.29, 1.82) is 0 Å². The summed E-state index contributed by atoms with van der Waals surface area (Å²) in [4.78, 5) is 12.0. The molecule has 4 heteroatoms. The highest BCUT2D eigenvalue weighted by atomic mass is 16.7. The molecule has 3 rings (SSSR count). The fraction of sp³-hybridized carbons (Fsp3) is 0.235. The SMILES string of the molecule is Cc1ccc(CCC(=O)Nc2ccc3c(c2)OCO3)cc1. The number of rotatable bonds is 4. The Morgan fingerprint density at radius 3 is 2.67 bits per heavy atom. The first-order valence-corrected chi connectivity index (χ1v) is 6.96. The van der Waals surface area contributed by atoms with Crippen LogP contribution in [0.25, 0.3) is 0 Å². The minimum Gasteiger partial charge on any atom is -0.454 e. The van der Waals surface area contributed by atoms with Crippen molar-refractivity contribution in [3.63, 3.8) is 0 Å². The Hall–Kier alpha value is -2.49. The molecule has 0 unspecified atom stereocenters. The Morgan fingerprint density at radius 2 is 1.86 bits per heavy atom. The van der Waals surface area contributed by atoms with E-state index in [1.807, 2.05) is 6.07 Å². The van der Waals surface area contributed by atoms with Crippen LogP contribution in [0.1, 0.15) is 17.5 Å². The van der Waals surface area contributed by atoms with Crippen LogP contribution in [0.4, 0.5) is 5.69 Å². The second kappa shape index (κ2) is 5.87. The van der Waals surface area contributed by atoms with Crippen molar-refractivity contribution in [3.8, 4) is 11.5 Å². The number of carbonyl (C=O) groups is 1. The number of hydrogen-bond acceptors (Lipinski definition) is 3. The molecule has 21 heavy (non-hydrogen) atoms. The summed E-state index contributed by atoms with van der Waals surface area (Å²) in [5.74, 6) is 1.38. The zero-order chi connectivity index (χ0) is 14.7. The Bertz CT molecular complexity index is 650. The molecule has 1 N–H and O–H groups in total. The molecule has 4 nitrogen and oxygen atoms in total. The molecule has 1 aliphatic rings. The van der Waals surface area contributed by atoms with Crippen LogP contribution < -0.4 is 14.8 Å². The molecular weight excluding hydrogens is 266 g/mol. The predicted molar refractivity (Wildman–Crippen MR) is 80.7 cm³/mol. The first-order chi connectivity index (χ1) is 10.2. The lowest BCUT2D eigenvalue weighted by molar-refractivity contribution is -0.116. The van der Waals surface area contributed by atoms with Crippen molar-refractivity contribution < 1.29 is 14.3 Å². The Morgan fingerprint density at radius 1 is 1.10 bits per heavy atom. The third-order valence-electron chi connectivity index (χ3n) is 3.42. The van der Waals surface area contributed by atoms with E-state index in [9.17, 15) is 4.79 Å². The maximum atomic E-state index is 12.0. The van der Waals surface area contributed by atoms with Crippen molar-refractivity contribution in [2.24, 2.45) is 0 Å². The summed E-state index contributed by atoms with van der Waals surface area (Å²) < 4.78 is 10.5. The standard InChI is InChI=1S/C17H17NO3/c1-12-2-4-13(5-3-12)6-9-17(19)18-14-7-8-15-16(10-14)21-11-20-15/h2-5,7-8,10H,6,9,11H2,1H3,(H,18,19). The van der Waals surface area contributed by atoms with Crippen molar-refractivity contribution >= 4 is 11.6 Å². The van der Waals surface area contributed by atoms with Gasteiger partial charge in [-0.15, -0.1) is 0 Å². The number of anilines is 1. The third kappa shape index (κ3) is 3.34. The van der Waals surface area contributed by atoms with Crippen LogP contribution in [0.5, 0.6) is 11.5 Å². The topological polar surface area (TPSA) is 47.6 Å². The number of carbonyl (C=O) groups excluding carboxylic acids is 1. The summed E-state index contributed by atoms with van der Waals surface area (Å²) in [5, 5.41) is 2.88. The van der Waals surface area contributed by atoms with Gasteiger partial charge in [0.2, 0.25) is 12.7 Å². The first-order valence-electron chi connectivity index (χ1n) is 6.96. The number of hydrogen-bond donors (Lipinski definition) is 1. The number of nitrogens with one attached hydrogen (secondary N) is 1. The number of aryl methyl sites for hydroxylation is 2. The van der Waals surface area contributed by atoms with E-state index in [2.05, 4.69) is 36.5 Å². The fourth-order valence-electron chi connectivity index (χ4n) is 2.21. The van der Waals surface area contributed by atoms with Crippen LogP contribution >= 0.6 is 0 Å². The Balaban J connectivity index is 1.55. The van der Waals surface area contributed by atoms with E-state index >= 15 is 0 Å². The van der Waals surface area contributed by atoms with Crippen LogP contribution in [0.3, 0.4) is 0 Å². The quantitative estimate of drug-likeness (QED) is 0.936. The zero-order valence-electron chi connectivity index (χ0n) is 11.9. The highest BCUT2D eigenvalue weighted by molar-refractivity contribution is 5.91. The van der Waals surface area contributed by atoms with Crippen LogP contribution in [-0.4, -0.2) is 12.7 Å². The van der Waals surface area contributed by atoms with Gasteiger partial charge in [0.05, 0.1) is 0 Å². The molecule has 2 aromatic rings. The lowest BCUT2D eigenvalue weighted by Gasteiger charge is -2.06. The molecule has 0 spiro atoms. The van der Waals surface area contributed by atoms with E-state index < -0.39 is 0 Å². The number of fused-ring (bicyclic) bond motifs is 1. The van der Waals surface area contributed by atoms with Gasteiger partial charge in [-0.1, -0.05) is 29.8 Å². The van der Waals surface area contributed by atoms with Gasteiger partial charge in [0.15, 0.2) is 11.5 Å². The van der Waals surface area contributed by atoms with Crippen LogP contribution in [0.2, 0.25) is 0 Å². The maximum Gasteiger partial charge on any atom is 0.231 e. The molecular formula is C17H17NO3. The van der Waals surface area contributed by atoms with Crippen molar-refractivity contribution in [2.45, 2.75) is 19.8 Å². The Labute approximate surface area is 123 Å². The molecule has 0 radical (unpaired) electrons. The number of benzene rings is 2. The molecule has 0 saturated heterocycles. The van der Waals surface area contributed by atoms with Gasteiger partial charge < -0.3 is 14.8 Å². The molecule has 1 amide bonds. The summed E-state index contributed by atoms with van der Waals surface area (Å²) in [6.45, 7) is 2.29. The summed E-state index contributed by atoms with van der Waals surface area (Å²) >= 11 is 0. The van der Waals surface area contributed by atoms with E-state index in [4.69, 9.17) is 9.47 Å². The van der Waals surface area contributed by atoms with E-state index in [1.165, 1.54) is 11.1 Å². The molecule has 0 bridgehead atoms. The summed E-state index contributed by atoms with van der Waals surface area (Å²) in [6.07, 6.45) is 1.19. The van der Waals surface area contributed by atoms with E-state index in [1.54, 1.807) is 12.1 Å². The molecule has 1 heterocycles. The van der Waals surface area contributed by atoms with Gasteiger partial charge in [-0.3, -0.25) is 4.79 Å². The minimum absolute atomic E-state index is 0.00515. The largest absolute Gasteiger partial charge is 0.454 e. The third-order valence-corrected chi connectivity index (χ3v) is 3.42. The second-order valence-corrected chi connectivity index (χ2v) is 5.10. The number of ether oxygens (including phenoxy) is 2. The Kier molecular flexibility index (Phi) is 3.77. The van der Waals surface area contributed by atoms with Gasteiger partial charge >= 0.3 is 0 Å². The molecule has 0 saturated carbocycles. The molecule has 0 atom stereocenters. The van der Waals surface area contributed by atoms with Gasteiger partial charge in [-0.05, 0) is 31.0 Å². The van der Waals surface area contributed by atoms with Crippen molar-refractivity contribution in [2.75, 3.05) is 12.1 Å². The van der Waals surface area contributed by atoms with Gasteiger partial charge in [-0.25, -0.2) is 0 Å². The summed E-state index contributed by atoms with van der Waals surface area (Å²) in [7, 11) is 0. The lowest BCUT2D eigenvalue weighted by Crippen LogP contribution is -2.12. The van der Waals surface area contributed by atoms with Gasteiger partial charge in [0.1, 0.15) is 0 Å². The highest BCUT2D eigenvalue weighted by Gasteiger charge is 2.14. The molecule has 2 aromatic carbocycles. The predicted octanol–water partition coefficient (Wildman–Crippen LogP) is 3.30. The van der Waals surface area contributed by atoms with E-state index in [0.29, 0.717) is 17.9 Å². The normalized spacial score (nSPS) is 12.2. The van der Waals surface area contributed by atoms with E-state index in [-0.39, 0.29) is 12.7 Å². The molecule has 0 aliphatic carbocycles. The monoisotopic (exact) mass is 283 g/mol. The average molecular weight is 283 g/mol. The van der Waals surface area contributed by atoms with Crippen molar-refractivity contribution in [1.82, 2.24) is 0 Å². The van der Waals surface area contributed by atoms with Crippen LogP contribution in [0.15, 0.2) is 42.5 Å².